The lowest BCUT2D eigenvalue weighted by molar-refractivity contribution is -0.177. The van der Waals surface area contributed by atoms with Crippen molar-refractivity contribution in [3.05, 3.63) is 0 Å². The van der Waals surface area contributed by atoms with E-state index in [4.69, 9.17) is 5.11 Å². The van der Waals surface area contributed by atoms with Crippen LogP contribution in [0.3, 0.4) is 0 Å². The minimum Gasteiger partial charge on any atom is -0.479 e. The summed E-state index contributed by atoms with van der Waals surface area (Å²) in [5.74, 6) is -4.31. The molecule has 0 aliphatic carbocycles. The lowest BCUT2D eigenvalue weighted by atomic mass is 10.1. The summed E-state index contributed by atoms with van der Waals surface area (Å²) in [6, 6.07) is 0. The number of carboxylic acid groups (broad SMARTS) is 1. The van der Waals surface area contributed by atoms with Crippen LogP contribution in [0.15, 0.2) is 0 Å². The van der Waals surface area contributed by atoms with E-state index in [1.807, 2.05) is 0 Å². The van der Waals surface area contributed by atoms with Crippen LogP contribution in [0.2, 0.25) is 0 Å². The van der Waals surface area contributed by atoms with E-state index < -0.39 is 29.3 Å². The summed E-state index contributed by atoms with van der Waals surface area (Å²) >= 11 is 3.55. The van der Waals surface area contributed by atoms with Crippen molar-refractivity contribution in [2.24, 2.45) is 0 Å². The highest BCUT2D eigenvalue weighted by Gasteiger charge is 2.44. The lowest BCUT2D eigenvalue weighted by Crippen LogP contribution is -2.57. The average Bonchev–Trinajstić information content (AvgIpc) is 2.02. The third kappa shape index (κ3) is 3.09. The molecule has 0 aliphatic heterocycles. The summed E-state index contributed by atoms with van der Waals surface area (Å²) in [4.78, 5) is 20.9. The lowest BCUT2D eigenvalue weighted by Gasteiger charge is -2.24. The molecule has 0 radical (unpaired) electrons. The normalized spacial score (nSPS) is 15.8. The van der Waals surface area contributed by atoms with Gasteiger partial charge in [-0.1, -0.05) is 0 Å². The maximum Gasteiger partial charge on any atom is 0.471 e. The zero-order valence-electron chi connectivity index (χ0n) is 7.05. The molecular weight excluding hydrogens is 223 g/mol. The van der Waals surface area contributed by atoms with Crippen molar-refractivity contribution >= 4 is 24.5 Å². The fourth-order valence-corrected chi connectivity index (χ4v) is 0.696. The molecule has 2 N–H and O–H groups in total. The van der Waals surface area contributed by atoms with E-state index in [9.17, 15) is 22.8 Å². The Bertz CT molecular complexity index is 255. The summed E-state index contributed by atoms with van der Waals surface area (Å²) in [5.41, 5.74) is -2.02. The molecule has 0 heterocycles. The molecule has 4 nitrogen and oxygen atoms in total. The number of carboxylic acids is 1. The van der Waals surface area contributed by atoms with Crippen molar-refractivity contribution in [1.82, 2.24) is 5.32 Å². The molecule has 0 aliphatic rings. The molecule has 82 valence electrons. The molecule has 0 fully saturated rings. The second-order valence-corrected chi connectivity index (χ2v) is 3.06. The summed E-state index contributed by atoms with van der Waals surface area (Å²) in [5, 5.41) is 9.86. The van der Waals surface area contributed by atoms with Crippen LogP contribution in [-0.4, -0.2) is 34.5 Å². The van der Waals surface area contributed by atoms with Gasteiger partial charge in [0.15, 0.2) is 0 Å². The first-order chi connectivity index (χ1) is 6.13. The predicted octanol–water partition coefficient (Wildman–Crippen LogP) is 0.438. The first-order valence-electron chi connectivity index (χ1n) is 3.37. The number of alkyl halides is 3. The van der Waals surface area contributed by atoms with Gasteiger partial charge in [-0.15, -0.1) is 0 Å². The third-order valence-corrected chi connectivity index (χ3v) is 2.07. The summed E-state index contributed by atoms with van der Waals surface area (Å²) in [6.45, 7) is 0.936. The van der Waals surface area contributed by atoms with Crippen LogP contribution in [0.4, 0.5) is 13.2 Å². The SMILES string of the molecule is CC(CS)(NC(=O)C(F)(F)F)C(=O)O. The van der Waals surface area contributed by atoms with Crippen molar-refractivity contribution < 1.29 is 27.9 Å². The number of carbonyl (C=O) groups excluding carboxylic acids is 1. The number of thiol groups is 1. The van der Waals surface area contributed by atoms with Gasteiger partial charge in [-0.05, 0) is 6.92 Å². The van der Waals surface area contributed by atoms with Crippen molar-refractivity contribution in [1.29, 1.82) is 0 Å². The van der Waals surface area contributed by atoms with E-state index in [0.29, 0.717) is 0 Å². The Hall–Kier alpha value is -0.920. The number of rotatable bonds is 3. The number of hydrogen-bond donors (Lipinski definition) is 3. The Balaban J connectivity index is 4.65. The quantitative estimate of drug-likeness (QED) is 0.617. The smallest absolute Gasteiger partial charge is 0.471 e. The molecule has 0 rings (SSSR count). The highest BCUT2D eigenvalue weighted by atomic mass is 32.1. The van der Waals surface area contributed by atoms with Gasteiger partial charge in [-0.3, -0.25) is 4.79 Å². The van der Waals surface area contributed by atoms with Crippen LogP contribution >= 0.6 is 12.6 Å². The Morgan fingerprint density at radius 1 is 1.43 bits per heavy atom. The van der Waals surface area contributed by atoms with Gasteiger partial charge in [0.25, 0.3) is 0 Å². The molecule has 0 bridgehead atoms. The second kappa shape index (κ2) is 4.07. The zero-order valence-corrected chi connectivity index (χ0v) is 7.95. The summed E-state index contributed by atoms with van der Waals surface area (Å²) in [6.07, 6.45) is -5.10. The highest BCUT2D eigenvalue weighted by Crippen LogP contribution is 2.17. The predicted molar refractivity (Wildman–Crippen MR) is 44.1 cm³/mol. The monoisotopic (exact) mass is 231 g/mol. The van der Waals surface area contributed by atoms with Crippen LogP contribution in [0, 0.1) is 0 Å². The molecule has 14 heavy (non-hydrogen) atoms. The fraction of sp³-hybridized carbons (Fsp3) is 0.667. The Kier molecular flexibility index (Phi) is 3.81. The van der Waals surface area contributed by atoms with Crippen LogP contribution < -0.4 is 5.32 Å². The number of aliphatic carboxylic acids is 1. The number of nitrogens with one attached hydrogen (secondary N) is 1. The molecule has 0 aromatic heterocycles. The van der Waals surface area contributed by atoms with Gasteiger partial charge in [0.2, 0.25) is 0 Å². The average molecular weight is 231 g/mol. The first kappa shape index (κ1) is 13.1. The Morgan fingerprint density at radius 2 is 1.86 bits per heavy atom. The number of carbonyl (C=O) groups is 2. The van der Waals surface area contributed by atoms with Crippen molar-refractivity contribution in [3.63, 3.8) is 0 Å². The van der Waals surface area contributed by atoms with E-state index in [0.717, 1.165) is 6.92 Å². The van der Waals surface area contributed by atoms with E-state index in [2.05, 4.69) is 12.6 Å². The highest BCUT2D eigenvalue weighted by molar-refractivity contribution is 7.80. The Labute approximate surface area is 82.9 Å². The molecule has 1 atom stereocenters. The largest absolute Gasteiger partial charge is 0.479 e. The number of hydrogen-bond acceptors (Lipinski definition) is 3. The molecular formula is C6H8F3NO3S. The van der Waals surface area contributed by atoms with Gasteiger partial charge >= 0.3 is 18.1 Å². The van der Waals surface area contributed by atoms with Crippen molar-refractivity contribution in [3.8, 4) is 0 Å². The number of amides is 1. The van der Waals surface area contributed by atoms with Gasteiger partial charge in [0.1, 0.15) is 5.54 Å². The molecule has 8 heteroatoms. The van der Waals surface area contributed by atoms with E-state index >= 15 is 0 Å². The summed E-state index contributed by atoms with van der Waals surface area (Å²) in [7, 11) is 0. The van der Waals surface area contributed by atoms with Gasteiger partial charge in [0.05, 0.1) is 0 Å². The topological polar surface area (TPSA) is 66.4 Å². The fourth-order valence-electron chi connectivity index (χ4n) is 0.482. The minimum absolute atomic E-state index is 0.440. The molecule has 0 aromatic rings. The molecule has 0 aromatic carbocycles. The summed E-state index contributed by atoms with van der Waals surface area (Å²) < 4.78 is 35.2. The van der Waals surface area contributed by atoms with E-state index in [-0.39, 0.29) is 0 Å². The van der Waals surface area contributed by atoms with Gasteiger partial charge in [0, 0.05) is 5.75 Å². The van der Waals surface area contributed by atoms with E-state index in [1.54, 1.807) is 0 Å². The molecule has 1 unspecified atom stereocenters. The van der Waals surface area contributed by atoms with Crippen LogP contribution in [0.5, 0.6) is 0 Å². The molecule has 0 spiro atoms. The second-order valence-electron chi connectivity index (χ2n) is 2.75. The van der Waals surface area contributed by atoms with Crippen molar-refractivity contribution in [2.45, 2.75) is 18.6 Å². The standard InChI is InChI=1S/C6H8F3NO3S/c1-5(2-14,4(12)13)10-3(11)6(7,8)9/h14H,2H2,1H3,(H,10,11)(H,12,13). The molecule has 1 amide bonds. The van der Waals surface area contributed by atoms with Crippen LogP contribution in [0.25, 0.3) is 0 Å². The maximum atomic E-state index is 11.7. The molecule has 0 saturated carbocycles. The third-order valence-electron chi connectivity index (χ3n) is 1.44. The van der Waals surface area contributed by atoms with E-state index in [1.165, 1.54) is 5.32 Å². The first-order valence-corrected chi connectivity index (χ1v) is 4.00. The van der Waals surface area contributed by atoms with Gasteiger partial charge in [-0.25, -0.2) is 4.79 Å². The minimum atomic E-state index is -5.10. The van der Waals surface area contributed by atoms with Crippen molar-refractivity contribution in [2.75, 3.05) is 5.75 Å². The molecule has 0 saturated heterocycles. The number of halogens is 3. The van der Waals surface area contributed by atoms with Gasteiger partial charge < -0.3 is 10.4 Å². The van der Waals surface area contributed by atoms with Gasteiger partial charge in [-0.2, -0.15) is 25.8 Å². The Morgan fingerprint density at radius 3 is 2.07 bits per heavy atom. The maximum absolute atomic E-state index is 11.7. The zero-order chi connectivity index (χ0) is 11.6. The van der Waals surface area contributed by atoms with Crippen LogP contribution in [0.1, 0.15) is 6.92 Å². The van der Waals surface area contributed by atoms with Crippen LogP contribution in [-0.2, 0) is 9.59 Å².